The third kappa shape index (κ3) is 3.77. The maximum Gasteiger partial charge on any atom is 0.143 e. The fraction of sp³-hybridized carbons (Fsp3) is 0.500. The molecule has 0 aromatic carbocycles. The van der Waals surface area contributed by atoms with Crippen molar-refractivity contribution in [2.24, 2.45) is 16.8 Å². The van der Waals surface area contributed by atoms with E-state index in [-0.39, 0.29) is 11.8 Å². The molecule has 1 atom stereocenters. The van der Waals surface area contributed by atoms with Gasteiger partial charge in [0, 0.05) is 28.4 Å². The first-order valence-corrected chi connectivity index (χ1v) is 6.59. The summed E-state index contributed by atoms with van der Waals surface area (Å²) in [5.74, 6) is 0.325. The summed E-state index contributed by atoms with van der Waals surface area (Å²) < 4.78 is 1.14. The molecule has 0 amide bonds. The minimum atomic E-state index is 0.0498. The van der Waals surface area contributed by atoms with Crippen LogP contribution in [0, 0.1) is 5.92 Å². The Balaban J connectivity index is 2.48. The summed E-state index contributed by atoms with van der Waals surface area (Å²) in [7, 11) is 2.02. The van der Waals surface area contributed by atoms with E-state index in [9.17, 15) is 0 Å². The molecule has 0 aliphatic carbocycles. The Hall–Kier alpha value is -0.590. The van der Waals surface area contributed by atoms with Gasteiger partial charge < -0.3 is 15.8 Å². The third-order valence-corrected chi connectivity index (χ3v) is 4.22. The number of halogens is 1. The minimum absolute atomic E-state index is 0.0498. The van der Waals surface area contributed by atoms with E-state index in [0.29, 0.717) is 0 Å². The van der Waals surface area contributed by atoms with Crippen LogP contribution in [0.4, 0.5) is 0 Å². The zero-order chi connectivity index (χ0) is 12.1. The second-order valence-electron chi connectivity index (χ2n) is 3.81. The van der Waals surface area contributed by atoms with E-state index < -0.39 is 0 Å². The fourth-order valence-corrected chi connectivity index (χ4v) is 2.96. The maximum atomic E-state index is 8.56. The van der Waals surface area contributed by atoms with Gasteiger partial charge in [-0.15, -0.1) is 11.3 Å². The predicted molar refractivity (Wildman–Crippen MR) is 70.9 cm³/mol. The van der Waals surface area contributed by atoms with Crippen LogP contribution in [0.2, 0.25) is 0 Å². The van der Waals surface area contributed by atoms with Gasteiger partial charge in [0.2, 0.25) is 0 Å². The molecule has 6 heteroatoms. The maximum absolute atomic E-state index is 8.56. The zero-order valence-corrected chi connectivity index (χ0v) is 11.8. The summed E-state index contributed by atoms with van der Waals surface area (Å²) in [6, 6.07) is 2.04. The number of oxime groups is 1. The Labute approximate surface area is 108 Å². The van der Waals surface area contributed by atoms with Crippen LogP contribution in [0.25, 0.3) is 0 Å². The van der Waals surface area contributed by atoms with E-state index in [4.69, 9.17) is 10.9 Å². The van der Waals surface area contributed by atoms with Crippen molar-refractivity contribution in [3.05, 3.63) is 20.8 Å². The van der Waals surface area contributed by atoms with E-state index in [1.165, 1.54) is 4.88 Å². The topological polar surface area (TPSA) is 61.8 Å². The molecule has 0 aliphatic heterocycles. The number of amidine groups is 1. The van der Waals surface area contributed by atoms with Crippen molar-refractivity contribution in [2.75, 3.05) is 13.6 Å². The number of thiophene rings is 1. The lowest BCUT2D eigenvalue weighted by atomic mass is 10.1. The van der Waals surface area contributed by atoms with Crippen LogP contribution in [0.15, 0.2) is 21.1 Å². The zero-order valence-electron chi connectivity index (χ0n) is 9.35. The summed E-state index contributed by atoms with van der Waals surface area (Å²) in [5, 5.41) is 13.6. The molecule has 1 unspecified atom stereocenters. The molecule has 0 bridgehead atoms. The van der Waals surface area contributed by atoms with Gasteiger partial charge in [-0.2, -0.15) is 0 Å². The Bertz CT molecular complexity index is 367. The first-order valence-electron chi connectivity index (χ1n) is 4.92. The highest BCUT2D eigenvalue weighted by atomic mass is 79.9. The third-order valence-electron chi connectivity index (χ3n) is 2.31. The molecule has 0 aliphatic rings. The molecule has 1 aromatic heterocycles. The Morgan fingerprint density at radius 2 is 2.44 bits per heavy atom. The Morgan fingerprint density at radius 3 is 2.94 bits per heavy atom. The number of hydrogen-bond donors (Lipinski definition) is 2. The highest BCUT2D eigenvalue weighted by Gasteiger charge is 2.12. The monoisotopic (exact) mass is 305 g/mol. The van der Waals surface area contributed by atoms with Crippen LogP contribution in [0.5, 0.6) is 0 Å². The second kappa shape index (κ2) is 6.22. The first kappa shape index (κ1) is 13.5. The molecule has 1 aromatic rings. The van der Waals surface area contributed by atoms with Crippen LogP contribution in [0.1, 0.15) is 11.8 Å². The SMILES string of the molecule is CC(CN(C)Cc1sccc1Br)C(N)=NO. The molecule has 90 valence electrons. The van der Waals surface area contributed by atoms with Gasteiger partial charge in [0.25, 0.3) is 0 Å². The molecule has 1 heterocycles. The van der Waals surface area contributed by atoms with Crippen molar-refractivity contribution in [1.29, 1.82) is 0 Å². The summed E-state index contributed by atoms with van der Waals surface area (Å²) >= 11 is 5.22. The van der Waals surface area contributed by atoms with E-state index in [1.807, 2.05) is 20.0 Å². The van der Waals surface area contributed by atoms with Gasteiger partial charge in [-0.1, -0.05) is 12.1 Å². The van der Waals surface area contributed by atoms with Crippen molar-refractivity contribution in [1.82, 2.24) is 4.90 Å². The molecule has 3 N–H and O–H groups in total. The summed E-state index contributed by atoms with van der Waals surface area (Å²) in [4.78, 5) is 3.44. The molecule has 0 saturated carbocycles. The van der Waals surface area contributed by atoms with Crippen molar-refractivity contribution < 1.29 is 5.21 Å². The quantitative estimate of drug-likeness (QED) is 0.380. The normalized spacial score (nSPS) is 14.4. The smallest absolute Gasteiger partial charge is 0.143 e. The molecule has 0 fully saturated rings. The lowest BCUT2D eigenvalue weighted by Crippen LogP contribution is -2.32. The largest absolute Gasteiger partial charge is 0.409 e. The lowest BCUT2D eigenvalue weighted by Gasteiger charge is -2.19. The minimum Gasteiger partial charge on any atom is -0.409 e. The molecule has 4 nitrogen and oxygen atoms in total. The van der Waals surface area contributed by atoms with Crippen LogP contribution >= 0.6 is 27.3 Å². The molecule has 1 rings (SSSR count). The van der Waals surface area contributed by atoms with Gasteiger partial charge in [0.1, 0.15) is 5.84 Å². The van der Waals surface area contributed by atoms with Crippen LogP contribution in [-0.2, 0) is 6.54 Å². The van der Waals surface area contributed by atoms with Crippen molar-refractivity contribution in [3.63, 3.8) is 0 Å². The number of rotatable bonds is 5. The number of hydrogen-bond acceptors (Lipinski definition) is 4. The van der Waals surface area contributed by atoms with Gasteiger partial charge in [-0.25, -0.2) is 0 Å². The summed E-state index contributed by atoms with van der Waals surface area (Å²) in [6.07, 6.45) is 0. The highest BCUT2D eigenvalue weighted by Crippen LogP contribution is 2.23. The molecular weight excluding hydrogens is 290 g/mol. The van der Waals surface area contributed by atoms with E-state index in [1.54, 1.807) is 11.3 Å². The van der Waals surface area contributed by atoms with Crippen molar-refractivity contribution in [2.45, 2.75) is 13.5 Å². The van der Waals surface area contributed by atoms with E-state index in [0.717, 1.165) is 17.6 Å². The Kier molecular flexibility index (Phi) is 5.24. The van der Waals surface area contributed by atoms with Crippen LogP contribution in [0.3, 0.4) is 0 Å². The van der Waals surface area contributed by atoms with E-state index in [2.05, 4.69) is 31.4 Å². The molecule has 0 radical (unpaired) electrons. The average molecular weight is 306 g/mol. The molecule has 0 saturated heterocycles. The van der Waals surface area contributed by atoms with Gasteiger partial charge in [0.05, 0.1) is 0 Å². The molecule has 16 heavy (non-hydrogen) atoms. The van der Waals surface area contributed by atoms with Crippen LogP contribution < -0.4 is 5.73 Å². The van der Waals surface area contributed by atoms with Crippen molar-refractivity contribution in [3.8, 4) is 0 Å². The number of nitrogens with zero attached hydrogens (tertiary/aromatic N) is 2. The van der Waals surface area contributed by atoms with Gasteiger partial charge >= 0.3 is 0 Å². The molecular formula is C10H16BrN3OS. The van der Waals surface area contributed by atoms with E-state index >= 15 is 0 Å². The van der Waals surface area contributed by atoms with Gasteiger partial charge in [0.15, 0.2) is 0 Å². The summed E-state index contributed by atoms with van der Waals surface area (Å²) in [5.41, 5.74) is 5.53. The van der Waals surface area contributed by atoms with Gasteiger partial charge in [-0.05, 0) is 34.4 Å². The standard InChI is InChI=1S/C10H16BrN3OS/c1-7(10(12)13-15)5-14(2)6-9-8(11)3-4-16-9/h3-4,7,15H,5-6H2,1-2H3,(H2,12,13). The Morgan fingerprint density at radius 1 is 1.75 bits per heavy atom. The second-order valence-corrected chi connectivity index (χ2v) is 5.67. The average Bonchev–Trinajstić information content (AvgIpc) is 2.63. The fourth-order valence-electron chi connectivity index (χ4n) is 1.41. The van der Waals surface area contributed by atoms with Crippen LogP contribution in [-0.4, -0.2) is 29.5 Å². The lowest BCUT2D eigenvalue weighted by molar-refractivity contribution is 0.292. The molecule has 0 spiro atoms. The predicted octanol–water partition coefficient (Wildman–Crippen LogP) is 2.32. The van der Waals surface area contributed by atoms with Gasteiger partial charge in [-0.3, -0.25) is 0 Å². The number of nitrogens with two attached hydrogens (primary N) is 1. The van der Waals surface area contributed by atoms with Crippen molar-refractivity contribution >= 4 is 33.1 Å². The summed E-state index contributed by atoms with van der Waals surface area (Å²) in [6.45, 7) is 3.57. The highest BCUT2D eigenvalue weighted by molar-refractivity contribution is 9.10. The first-order chi connectivity index (χ1) is 7.54.